The minimum Gasteiger partial charge on any atom is -0.328 e. The molecule has 0 aliphatic rings. The second-order valence-corrected chi connectivity index (χ2v) is 6.45. The molecule has 2 aromatic rings. The van der Waals surface area contributed by atoms with Gasteiger partial charge in [-0.25, -0.2) is 0 Å². The first kappa shape index (κ1) is 17.7. The molecule has 0 saturated heterocycles. The molecule has 2 rings (SSSR count). The van der Waals surface area contributed by atoms with Crippen molar-refractivity contribution in [1.29, 1.82) is 0 Å². The van der Waals surface area contributed by atoms with Gasteiger partial charge in [0, 0.05) is 18.0 Å². The van der Waals surface area contributed by atoms with E-state index in [-0.39, 0.29) is 18.0 Å². The van der Waals surface area contributed by atoms with Crippen LogP contribution in [0, 0.1) is 0 Å². The van der Waals surface area contributed by atoms with Gasteiger partial charge >= 0.3 is 0 Å². The molecule has 0 fully saturated rings. The van der Waals surface area contributed by atoms with Crippen LogP contribution in [0.25, 0.3) is 0 Å². The van der Waals surface area contributed by atoms with Crippen molar-refractivity contribution in [3.8, 4) is 0 Å². The molecule has 0 aromatic heterocycles. The third-order valence-corrected chi connectivity index (χ3v) is 4.50. The molecule has 23 heavy (non-hydrogen) atoms. The fourth-order valence-electron chi connectivity index (χ4n) is 3.27. The normalized spacial score (nSPS) is 13.9. The zero-order valence-corrected chi connectivity index (χ0v) is 14.2. The molecule has 0 heterocycles. The molecule has 0 spiro atoms. The number of rotatable bonds is 9. The zero-order chi connectivity index (χ0) is 16.5. The minimum atomic E-state index is 0.0384. The molecule has 4 N–H and O–H groups in total. The van der Waals surface area contributed by atoms with E-state index in [4.69, 9.17) is 11.5 Å². The molecular formula is C21H30N2. The Hall–Kier alpha value is -1.64. The summed E-state index contributed by atoms with van der Waals surface area (Å²) in [5.74, 6) is 0.203. The Kier molecular flexibility index (Phi) is 7.31. The highest BCUT2D eigenvalue weighted by molar-refractivity contribution is 5.34. The Bertz CT molecular complexity index is 499. The Morgan fingerprint density at radius 3 is 1.78 bits per heavy atom. The van der Waals surface area contributed by atoms with Crippen molar-refractivity contribution in [2.45, 2.75) is 57.0 Å². The maximum absolute atomic E-state index is 6.61. The van der Waals surface area contributed by atoms with Crippen molar-refractivity contribution in [1.82, 2.24) is 0 Å². The van der Waals surface area contributed by atoms with E-state index in [1.54, 1.807) is 0 Å². The van der Waals surface area contributed by atoms with Crippen LogP contribution in [0.3, 0.4) is 0 Å². The predicted octanol–water partition coefficient (Wildman–Crippen LogP) is 4.44. The molecule has 0 aliphatic carbocycles. The van der Waals surface area contributed by atoms with Gasteiger partial charge in [0.1, 0.15) is 0 Å². The van der Waals surface area contributed by atoms with Gasteiger partial charge in [0.25, 0.3) is 0 Å². The summed E-state index contributed by atoms with van der Waals surface area (Å²) in [6.45, 7) is 2.22. The highest BCUT2D eigenvalue weighted by atomic mass is 14.7. The molecule has 2 unspecified atom stereocenters. The summed E-state index contributed by atoms with van der Waals surface area (Å²) in [6, 6.07) is 21.3. The van der Waals surface area contributed by atoms with Crippen LogP contribution in [0.5, 0.6) is 0 Å². The Labute approximate surface area is 140 Å². The van der Waals surface area contributed by atoms with E-state index < -0.39 is 0 Å². The summed E-state index contributed by atoms with van der Waals surface area (Å²) in [4.78, 5) is 0. The van der Waals surface area contributed by atoms with Crippen molar-refractivity contribution in [2.75, 3.05) is 0 Å². The predicted molar refractivity (Wildman–Crippen MR) is 99.4 cm³/mol. The molecule has 2 nitrogen and oxygen atoms in total. The quantitative estimate of drug-likeness (QED) is 0.673. The van der Waals surface area contributed by atoms with Gasteiger partial charge in [0.05, 0.1) is 0 Å². The van der Waals surface area contributed by atoms with Crippen LogP contribution in [0.4, 0.5) is 0 Å². The minimum absolute atomic E-state index is 0.0384. The van der Waals surface area contributed by atoms with E-state index in [0.29, 0.717) is 0 Å². The van der Waals surface area contributed by atoms with Gasteiger partial charge in [-0.05, 0) is 24.0 Å². The lowest BCUT2D eigenvalue weighted by Gasteiger charge is -2.27. The second-order valence-electron chi connectivity index (χ2n) is 6.45. The van der Waals surface area contributed by atoms with Crippen LogP contribution < -0.4 is 11.5 Å². The molecule has 0 bridgehead atoms. The SMILES string of the molecule is CCCCCC(N)CC(N)C(c1ccccc1)c1ccccc1. The lowest BCUT2D eigenvalue weighted by atomic mass is 9.82. The molecular weight excluding hydrogens is 280 g/mol. The van der Waals surface area contributed by atoms with Crippen LogP contribution in [0.15, 0.2) is 60.7 Å². The van der Waals surface area contributed by atoms with Gasteiger partial charge in [0.2, 0.25) is 0 Å². The Balaban J connectivity index is 2.11. The largest absolute Gasteiger partial charge is 0.328 e. The van der Waals surface area contributed by atoms with Crippen molar-refractivity contribution >= 4 is 0 Å². The molecule has 0 amide bonds. The monoisotopic (exact) mass is 310 g/mol. The summed E-state index contributed by atoms with van der Waals surface area (Å²) in [6.07, 6.45) is 5.61. The summed E-state index contributed by atoms with van der Waals surface area (Å²) >= 11 is 0. The van der Waals surface area contributed by atoms with Crippen LogP contribution in [-0.2, 0) is 0 Å². The van der Waals surface area contributed by atoms with Gasteiger partial charge in [-0.15, -0.1) is 0 Å². The molecule has 0 saturated carbocycles. The molecule has 2 heteroatoms. The third-order valence-electron chi connectivity index (χ3n) is 4.50. The van der Waals surface area contributed by atoms with Crippen molar-refractivity contribution < 1.29 is 0 Å². The fourth-order valence-corrected chi connectivity index (χ4v) is 3.27. The van der Waals surface area contributed by atoms with E-state index in [0.717, 1.165) is 12.8 Å². The van der Waals surface area contributed by atoms with Gasteiger partial charge in [-0.2, -0.15) is 0 Å². The first-order valence-corrected chi connectivity index (χ1v) is 8.83. The third kappa shape index (κ3) is 5.49. The van der Waals surface area contributed by atoms with E-state index in [2.05, 4.69) is 55.5 Å². The van der Waals surface area contributed by atoms with Gasteiger partial charge < -0.3 is 11.5 Å². The number of unbranched alkanes of at least 4 members (excludes halogenated alkanes) is 2. The van der Waals surface area contributed by atoms with Gasteiger partial charge in [-0.3, -0.25) is 0 Å². The maximum atomic E-state index is 6.61. The smallest absolute Gasteiger partial charge is 0.0241 e. The fraction of sp³-hybridized carbons (Fsp3) is 0.429. The second kappa shape index (κ2) is 9.49. The molecule has 0 radical (unpaired) electrons. The molecule has 124 valence electrons. The summed E-state index contributed by atoms with van der Waals surface area (Å²) in [5.41, 5.74) is 15.5. The van der Waals surface area contributed by atoms with Crippen LogP contribution in [-0.4, -0.2) is 12.1 Å². The summed E-state index contributed by atoms with van der Waals surface area (Å²) < 4.78 is 0. The van der Waals surface area contributed by atoms with Crippen molar-refractivity contribution in [3.63, 3.8) is 0 Å². The van der Waals surface area contributed by atoms with Gasteiger partial charge in [-0.1, -0.05) is 86.8 Å². The van der Waals surface area contributed by atoms with E-state index in [1.165, 1.54) is 30.4 Å². The van der Waals surface area contributed by atoms with Crippen LogP contribution in [0.2, 0.25) is 0 Å². The summed E-state index contributed by atoms with van der Waals surface area (Å²) in [5, 5.41) is 0. The Morgan fingerprint density at radius 1 is 0.783 bits per heavy atom. The summed E-state index contributed by atoms with van der Waals surface area (Å²) in [7, 11) is 0. The number of hydrogen-bond donors (Lipinski definition) is 2. The first-order valence-electron chi connectivity index (χ1n) is 8.83. The van der Waals surface area contributed by atoms with Gasteiger partial charge in [0.15, 0.2) is 0 Å². The lowest BCUT2D eigenvalue weighted by molar-refractivity contribution is 0.452. The molecule has 2 atom stereocenters. The topological polar surface area (TPSA) is 52.0 Å². The van der Waals surface area contributed by atoms with Crippen LogP contribution >= 0.6 is 0 Å². The number of hydrogen-bond acceptors (Lipinski definition) is 2. The molecule has 0 aliphatic heterocycles. The average Bonchev–Trinajstić information content (AvgIpc) is 2.57. The standard InChI is InChI=1S/C21H30N2/c1-2-3-6-15-19(22)16-20(23)21(17-11-7-4-8-12-17)18-13-9-5-10-14-18/h4-5,7-14,19-21H,2-3,6,15-16,22-23H2,1H3. The van der Waals surface area contributed by atoms with E-state index in [1.807, 2.05) is 12.1 Å². The highest BCUT2D eigenvalue weighted by Crippen LogP contribution is 2.29. The highest BCUT2D eigenvalue weighted by Gasteiger charge is 2.23. The van der Waals surface area contributed by atoms with E-state index in [9.17, 15) is 0 Å². The number of benzene rings is 2. The van der Waals surface area contributed by atoms with Crippen molar-refractivity contribution in [3.05, 3.63) is 71.8 Å². The zero-order valence-electron chi connectivity index (χ0n) is 14.2. The lowest BCUT2D eigenvalue weighted by Crippen LogP contribution is -2.36. The molecule has 2 aromatic carbocycles. The average molecular weight is 310 g/mol. The maximum Gasteiger partial charge on any atom is 0.0241 e. The van der Waals surface area contributed by atoms with Crippen LogP contribution in [0.1, 0.15) is 56.1 Å². The first-order chi connectivity index (χ1) is 11.2. The Morgan fingerprint density at radius 2 is 1.30 bits per heavy atom. The van der Waals surface area contributed by atoms with Crippen molar-refractivity contribution in [2.24, 2.45) is 11.5 Å². The van der Waals surface area contributed by atoms with E-state index >= 15 is 0 Å². The number of nitrogens with two attached hydrogens (primary N) is 2.